The molecule has 1 aromatic carbocycles. The van der Waals surface area contributed by atoms with Gasteiger partial charge in [-0.1, -0.05) is 16.4 Å². The zero-order valence-electron chi connectivity index (χ0n) is 13.7. The number of benzene rings is 1. The van der Waals surface area contributed by atoms with Gasteiger partial charge in [0.25, 0.3) is 11.5 Å². The number of thioether (sulfide) groups is 1. The number of nitrogens with one attached hydrogen (secondary N) is 2. The summed E-state index contributed by atoms with van der Waals surface area (Å²) in [6.07, 6.45) is -1.99. The fourth-order valence-corrected chi connectivity index (χ4v) is 4.27. The van der Waals surface area contributed by atoms with Gasteiger partial charge in [0.1, 0.15) is 5.56 Å². The van der Waals surface area contributed by atoms with Crippen LogP contribution in [0.5, 0.6) is 0 Å². The number of carbonyl (C=O) groups is 1. The maximum Gasteiger partial charge on any atom is 0.417 e. The van der Waals surface area contributed by atoms with Crippen molar-refractivity contribution >= 4 is 50.1 Å². The lowest BCUT2D eigenvalue weighted by atomic mass is 10.2. The molecule has 0 bridgehead atoms. The van der Waals surface area contributed by atoms with E-state index in [2.05, 4.69) is 30.9 Å². The standard InChI is InChI=1S/C14H8F3N7O2S2/c1-27-8-3-9-7(2-6(8)14(15,16)17)24-11(26)5(4-18-13(24)28-9)10(25)19-12-20-22-23-21-12/h2-4H,1H3,(H2,19,20,21,22,23,25). The van der Waals surface area contributed by atoms with Crippen LogP contribution in [-0.4, -0.2) is 42.2 Å². The Morgan fingerprint density at radius 3 is 2.79 bits per heavy atom. The second kappa shape index (κ2) is 6.56. The Morgan fingerprint density at radius 2 is 2.14 bits per heavy atom. The Hall–Kier alpha value is -3.00. The minimum absolute atomic E-state index is 0.0265. The van der Waals surface area contributed by atoms with Gasteiger partial charge in [0, 0.05) is 11.1 Å². The Balaban J connectivity index is 1.92. The molecule has 0 aliphatic heterocycles. The normalized spacial score (nSPS) is 12.0. The summed E-state index contributed by atoms with van der Waals surface area (Å²) < 4.78 is 41.6. The molecule has 1 amide bonds. The number of rotatable bonds is 3. The highest BCUT2D eigenvalue weighted by Gasteiger charge is 2.34. The van der Waals surface area contributed by atoms with Crippen LogP contribution in [0.25, 0.3) is 15.2 Å². The minimum atomic E-state index is -4.59. The van der Waals surface area contributed by atoms with Crippen molar-refractivity contribution in [2.24, 2.45) is 0 Å². The van der Waals surface area contributed by atoms with Gasteiger partial charge in [-0.2, -0.15) is 13.2 Å². The topological polar surface area (TPSA) is 118 Å². The van der Waals surface area contributed by atoms with Gasteiger partial charge in [-0.15, -0.1) is 11.8 Å². The first-order valence-electron chi connectivity index (χ1n) is 7.44. The SMILES string of the molecule is CSc1cc2sc3ncc(C(=O)Nc4nnn[nH]4)c(=O)n3c2cc1C(F)(F)F. The van der Waals surface area contributed by atoms with Gasteiger partial charge in [-0.05, 0) is 28.8 Å². The third-order valence-corrected chi connectivity index (χ3v) is 5.57. The monoisotopic (exact) mass is 427 g/mol. The molecule has 14 heteroatoms. The van der Waals surface area contributed by atoms with E-state index in [1.165, 1.54) is 12.3 Å². The summed E-state index contributed by atoms with van der Waals surface area (Å²) in [5.74, 6) is -0.935. The van der Waals surface area contributed by atoms with Gasteiger partial charge in [-0.25, -0.2) is 10.1 Å². The van der Waals surface area contributed by atoms with Crippen molar-refractivity contribution in [1.82, 2.24) is 30.0 Å². The Bertz CT molecular complexity index is 1260. The Labute approximate surface area is 161 Å². The summed E-state index contributed by atoms with van der Waals surface area (Å²) in [6, 6.07) is 2.26. The molecule has 28 heavy (non-hydrogen) atoms. The second-order valence-electron chi connectivity index (χ2n) is 5.42. The lowest BCUT2D eigenvalue weighted by molar-refractivity contribution is -0.139. The number of tetrazole rings is 1. The largest absolute Gasteiger partial charge is 0.417 e. The number of alkyl halides is 3. The van der Waals surface area contributed by atoms with Crippen molar-refractivity contribution < 1.29 is 18.0 Å². The van der Waals surface area contributed by atoms with E-state index < -0.39 is 23.2 Å². The number of thiazole rings is 1. The molecule has 144 valence electrons. The van der Waals surface area contributed by atoms with Gasteiger partial charge in [0.2, 0.25) is 5.95 Å². The third-order valence-electron chi connectivity index (χ3n) is 3.78. The predicted molar refractivity (Wildman–Crippen MR) is 95.8 cm³/mol. The smallest absolute Gasteiger partial charge is 0.289 e. The molecule has 3 heterocycles. The van der Waals surface area contributed by atoms with Crippen LogP contribution in [0.15, 0.2) is 28.0 Å². The fraction of sp³-hybridized carbons (Fsp3) is 0.143. The highest BCUT2D eigenvalue weighted by Crippen LogP contribution is 2.39. The van der Waals surface area contributed by atoms with E-state index in [0.717, 1.165) is 39.8 Å². The fourth-order valence-electron chi connectivity index (χ4n) is 2.56. The molecule has 3 aromatic heterocycles. The van der Waals surface area contributed by atoms with Gasteiger partial charge in [0.15, 0.2) is 4.96 Å². The first-order valence-corrected chi connectivity index (χ1v) is 9.48. The molecule has 0 unspecified atom stereocenters. The summed E-state index contributed by atoms with van der Waals surface area (Å²) >= 11 is 2.01. The molecule has 0 saturated heterocycles. The molecule has 0 aliphatic carbocycles. The number of fused-ring (bicyclic) bond motifs is 3. The Kier molecular flexibility index (Phi) is 4.30. The number of nitrogens with zero attached hydrogens (tertiary/aromatic N) is 5. The van der Waals surface area contributed by atoms with Gasteiger partial charge in [-0.3, -0.25) is 19.3 Å². The first-order chi connectivity index (χ1) is 13.3. The van der Waals surface area contributed by atoms with Crippen LogP contribution < -0.4 is 10.9 Å². The van der Waals surface area contributed by atoms with Crippen molar-refractivity contribution in [1.29, 1.82) is 0 Å². The van der Waals surface area contributed by atoms with Crippen LogP contribution in [0.1, 0.15) is 15.9 Å². The summed E-state index contributed by atoms with van der Waals surface area (Å²) in [6.45, 7) is 0. The molecule has 0 aliphatic rings. The van der Waals surface area contributed by atoms with Crippen LogP contribution in [0.3, 0.4) is 0 Å². The third kappa shape index (κ3) is 2.99. The van der Waals surface area contributed by atoms with Crippen molar-refractivity contribution in [3.05, 3.63) is 39.8 Å². The van der Waals surface area contributed by atoms with Gasteiger partial charge < -0.3 is 0 Å². The maximum atomic E-state index is 13.4. The van der Waals surface area contributed by atoms with Crippen molar-refractivity contribution in [2.75, 3.05) is 11.6 Å². The molecule has 9 nitrogen and oxygen atoms in total. The number of aromatic nitrogens is 6. The second-order valence-corrected chi connectivity index (χ2v) is 7.28. The van der Waals surface area contributed by atoms with E-state index in [1.807, 2.05) is 0 Å². The van der Waals surface area contributed by atoms with Crippen LogP contribution >= 0.6 is 23.1 Å². The molecule has 2 N–H and O–H groups in total. The number of halogens is 3. The zero-order valence-corrected chi connectivity index (χ0v) is 15.4. The van der Waals surface area contributed by atoms with Crippen LogP contribution in [0, 0.1) is 0 Å². The summed E-state index contributed by atoms with van der Waals surface area (Å²) in [4.78, 5) is 29.4. The molecule has 0 fully saturated rings. The highest BCUT2D eigenvalue weighted by atomic mass is 32.2. The quantitative estimate of drug-likeness (QED) is 0.482. The van der Waals surface area contributed by atoms with E-state index in [9.17, 15) is 22.8 Å². The molecule has 0 radical (unpaired) electrons. The number of H-pyrrole nitrogens is 1. The average molecular weight is 427 g/mol. The average Bonchev–Trinajstić information content (AvgIpc) is 3.26. The van der Waals surface area contributed by atoms with Crippen molar-refractivity contribution in [3.63, 3.8) is 0 Å². The van der Waals surface area contributed by atoms with Crippen molar-refractivity contribution in [2.45, 2.75) is 11.1 Å². The van der Waals surface area contributed by atoms with Gasteiger partial charge in [0.05, 0.1) is 15.8 Å². The predicted octanol–water partition coefficient (Wildman–Crippen LogP) is 2.42. The Morgan fingerprint density at radius 1 is 1.36 bits per heavy atom. The molecule has 0 spiro atoms. The minimum Gasteiger partial charge on any atom is -0.289 e. The molecule has 4 rings (SSSR count). The number of aromatic amines is 1. The van der Waals surface area contributed by atoms with Crippen LogP contribution in [0.4, 0.5) is 19.1 Å². The van der Waals surface area contributed by atoms with E-state index in [-0.39, 0.29) is 26.9 Å². The lowest BCUT2D eigenvalue weighted by Gasteiger charge is -2.11. The number of anilines is 1. The number of hydrogen-bond donors (Lipinski definition) is 2. The summed E-state index contributed by atoms with van der Waals surface area (Å²) in [5.41, 5.74) is -2.00. The van der Waals surface area contributed by atoms with Crippen molar-refractivity contribution in [3.8, 4) is 0 Å². The van der Waals surface area contributed by atoms with E-state index in [4.69, 9.17) is 0 Å². The summed E-state index contributed by atoms with van der Waals surface area (Å²) in [5, 5.41) is 14.6. The molecule has 4 aromatic rings. The summed E-state index contributed by atoms with van der Waals surface area (Å²) in [7, 11) is 0. The molecular formula is C14H8F3N7O2S2. The number of carbonyl (C=O) groups excluding carboxylic acids is 1. The molecular weight excluding hydrogens is 419 g/mol. The highest BCUT2D eigenvalue weighted by molar-refractivity contribution is 7.98. The van der Waals surface area contributed by atoms with E-state index in [1.54, 1.807) is 0 Å². The maximum absolute atomic E-state index is 13.4. The van der Waals surface area contributed by atoms with E-state index >= 15 is 0 Å². The number of hydrogen-bond acceptors (Lipinski definition) is 8. The van der Waals surface area contributed by atoms with Gasteiger partial charge >= 0.3 is 6.18 Å². The van der Waals surface area contributed by atoms with E-state index in [0.29, 0.717) is 4.70 Å². The molecule has 0 atom stereocenters. The zero-order chi connectivity index (χ0) is 20.1. The van der Waals surface area contributed by atoms with Crippen LogP contribution in [0.2, 0.25) is 0 Å². The first kappa shape index (κ1) is 18.4. The lowest BCUT2D eigenvalue weighted by Crippen LogP contribution is -2.26. The van der Waals surface area contributed by atoms with Crippen LogP contribution in [-0.2, 0) is 6.18 Å². The number of amides is 1. The molecule has 0 saturated carbocycles.